The molecule has 31 heavy (non-hydrogen) atoms. The van der Waals surface area contributed by atoms with Gasteiger partial charge in [0.25, 0.3) is 0 Å². The summed E-state index contributed by atoms with van der Waals surface area (Å²) in [6.07, 6.45) is 23.1. The van der Waals surface area contributed by atoms with E-state index in [0.29, 0.717) is 0 Å². The molecular weight excluding hydrogens is 376 g/mol. The maximum Gasteiger partial charge on any atom is 0.0800 e. The van der Waals surface area contributed by atoms with Gasteiger partial charge in [-0.2, -0.15) is 0 Å². The van der Waals surface area contributed by atoms with Crippen molar-refractivity contribution >= 4 is 0 Å². The highest BCUT2D eigenvalue weighted by Crippen LogP contribution is 2.26. The van der Waals surface area contributed by atoms with Crippen molar-refractivity contribution in [2.75, 3.05) is 0 Å². The fourth-order valence-electron chi connectivity index (χ4n) is 3.42. The first-order chi connectivity index (χ1) is 14.5. The number of hydrogen-bond donors (Lipinski definition) is 1. The molecule has 1 rings (SSSR count). The third kappa shape index (κ3) is 16.7. The molecule has 0 aromatic rings. The number of allylic oxidation sites excluding steroid dienone is 10. The van der Waals surface area contributed by atoms with Crippen LogP contribution in [0.15, 0.2) is 71.4 Å². The van der Waals surface area contributed by atoms with Gasteiger partial charge >= 0.3 is 0 Å². The molecule has 1 aliphatic carbocycles. The maximum atomic E-state index is 9.73. The van der Waals surface area contributed by atoms with E-state index in [9.17, 15) is 5.11 Å². The molecule has 0 spiro atoms. The Morgan fingerprint density at radius 2 is 1.71 bits per heavy atom. The lowest BCUT2D eigenvalue weighted by atomic mass is 9.84. The van der Waals surface area contributed by atoms with Gasteiger partial charge in [0.2, 0.25) is 0 Å². The van der Waals surface area contributed by atoms with Gasteiger partial charge in [-0.3, -0.25) is 0 Å². The van der Waals surface area contributed by atoms with Gasteiger partial charge in [0.05, 0.1) is 5.60 Å². The van der Waals surface area contributed by atoms with E-state index in [1.807, 2.05) is 0 Å². The normalized spacial score (nSPS) is 18.7. The number of rotatable bonds is 11. The quantitative estimate of drug-likeness (QED) is 0.326. The van der Waals surface area contributed by atoms with Gasteiger partial charge in [0.15, 0.2) is 0 Å². The van der Waals surface area contributed by atoms with Crippen LogP contribution in [0.25, 0.3) is 0 Å². The van der Waals surface area contributed by atoms with Crippen molar-refractivity contribution in [3.8, 4) is 0 Å². The zero-order valence-electron chi connectivity index (χ0n) is 21.8. The maximum absolute atomic E-state index is 9.73. The Morgan fingerprint density at radius 3 is 2.23 bits per heavy atom. The molecular formula is C30H50O. The Bertz CT molecular complexity index is 659. The zero-order chi connectivity index (χ0) is 23.9. The molecule has 0 aromatic heterocycles. The van der Waals surface area contributed by atoms with Crippen LogP contribution in [0.2, 0.25) is 0 Å². The lowest BCUT2D eigenvalue weighted by Gasteiger charge is -2.21. The first-order valence-electron chi connectivity index (χ1n) is 12.1. The van der Waals surface area contributed by atoms with Gasteiger partial charge in [-0.1, -0.05) is 71.7 Å². The van der Waals surface area contributed by atoms with Gasteiger partial charge in [-0.25, -0.2) is 0 Å². The molecule has 0 saturated heterocycles. The molecule has 0 aromatic carbocycles. The first kappa shape index (κ1) is 29.4. The van der Waals surface area contributed by atoms with Crippen molar-refractivity contribution in [3.05, 3.63) is 71.4 Å². The van der Waals surface area contributed by atoms with Crippen molar-refractivity contribution in [2.45, 2.75) is 106 Å². The summed E-state index contributed by atoms with van der Waals surface area (Å²) in [4.78, 5) is 0. The van der Waals surface area contributed by atoms with E-state index in [1.165, 1.54) is 41.6 Å². The largest absolute Gasteiger partial charge is 0.386 e. The molecule has 1 N–H and O–H groups in total. The molecule has 3 atom stereocenters. The van der Waals surface area contributed by atoms with Crippen LogP contribution in [0, 0.1) is 11.8 Å². The van der Waals surface area contributed by atoms with Gasteiger partial charge in [-0.15, -0.1) is 6.58 Å². The molecule has 1 aliphatic rings. The van der Waals surface area contributed by atoms with E-state index in [1.54, 1.807) is 13.0 Å². The first-order valence-corrected chi connectivity index (χ1v) is 12.1. The third-order valence-corrected chi connectivity index (χ3v) is 5.90. The standard InChI is InChI=1S/C15H26O.C15H24/c1-6-15(5,16)12-8-11-14(4)10-7-9-13(2)3;1-12(2)6-5-7-14(4)15-10-8-13(3)9-11-15/h6,9,11,16H,1,7-8,10,12H2,2-5H3;6,8-10,14-15H,5,7,11H2,1-4H3/t;14-,15+/m.0/s1. The highest BCUT2D eigenvalue weighted by atomic mass is 16.3. The Labute approximate surface area is 194 Å². The van der Waals surface area contributed by atoms with E-state index in [-0.39, 0.29) is 0 Å². The number of aliphatic hydroxyl groups is 1. The smallest absolute Gasteiger partial charge is 0.0800 e. The minimum atomic E-state index is -0.726. The Balaban J connectivity index is 0.000000581. The van der Waals surface area contributed by atoms with Crippen LogP contribution < -0.4 is 0 Å². The predicted molar refractivity (Wildman–Crippen MR) is 141 cm³/mol. The van der Waals surface area contributed by atoms with Crippen LogP contribution in [-0.4, -0.2) is 10.7 Å². The summed E-state index contributed by atoms with van der Waals surface area (Å²) >= 11 is 0. The van der Waals surface area contributed by atoms with Crippen molar-refractivity contribution in [3.63, 3.8) is 0 Å². The van der Waals surface area contributed by atoms with Crippen molar-refractivity contribution in [1.29, 1.82) is 0 Å². The molecule has 0 bridgehead atoms. The minimum absolute atomic E-state index is 0.726. The summed E-state index contributed by atoms with van der Waals surface area (Å²) in [5.41, 5.74) is 4.91. The summed E-state index contributed by atoms with van der Waals surface area (Å²) in [5.74, 6) is 1.57. The lowest BCUT2D eigenvalue weighted by Crippen LogP contribution is -2.19. The second kappa shape index (κ2) is 16.1. The lowest BCUT2D eigenvalue weighted by molar-refractivity contribution is 0.103. The Morgan fingerprint density at radius 1 is 1.10 bits per heavy atom. The van der Waals surface area contributed by atoms with Crippen molar-refractivity contribution in [1.82, 2.24) is 0 Å². The van der Waals surface area contributed by atoms with Crippen LogP contribution in [0.5, 0.6) is 0 Å². The monoisotopic (exact) mass is 426 g/mol. The second-order valence-electron chi connectivity index (χ2n) is 10.0. The second-order valence-corrected chi connectivity index (χ2v) is 10.0. The molecule has 0 radical (unpaired) electrons. The van der Waals surface area contributed by atoms with Crippen molar-refractivity contribution < 1.29 is 5.11 Å². The van der Waals surface area contributed by atoms with Crippen LogP contribution in [0.1, 0.15) is 100 Å². The molecule has 176 valence electrons. The van der Waals surface area contributed by atoms with Crippen molar-refractivity contribution in [2.24, 2.45) is 11.8 Å². The summed E-state index contributed by atoms with van der Waals surface area (Å²) in [5, 5.41) is 9.73. The fraction of sp³-hybridized carbons (Fsp3) is 0.600. The van der Waals surface area contributed by atoms with E-state index < -0.39 is 5.60 Å². The topological polar surface area (TPSA) is 20.2 Å². The summed E-state index contributed by atoms with van der Waals surface area (Å²) < 4.78 is 0. The zero-order valence-corrected chi connectivity index (χ0v) is 21.8. The summed E-state index contributed by atoms with van der Waals surface area (Å²) in [6, 6.07) is 0. The van der Waals surface area contributed by atoms with Gasteiger partial charge < -0.3 is 5.11 Å². The van der Waals surface area contributed by atoms with E-state index in [2.05, 4.69) is 91.5 Å². The highest BCUT2D eigenvalue weighted by Gasteiger charge is 2.14. The van der Waals surface area contributed by atoms with E-state index in [0.717, 1.165) is 37.5 Å². The molecule has 1 unspecified atom stereocenters. The minimum Gasteiger partial charge on any atom is -0.386 e. The molecule has 0 aliphatic heterocycles. The fourth-order valence-corrected chi connectivity index (χ4v) is 3.42. The molecule has 1 nitrogen and oxygen atoms in total. The van der Waals surface area contributed by atoms with Crippen LogP contribution in [0.3, 0.4) is 0 Å². The summed E-state index contributed by atoms with van der Waals surface area (Å²) in [6.45, 7) is 20.7. The third-order valence-electron chi connectivity index (χ3n) is 5.90. The number of hydrogen-bond acceptors (Lipinski definition) is 1. The van der Waals surface area contributed by atoms with E-state index >= 15 is 0 Å². The molecule has 0 heterocycles. The van der Waals surface area contributed by atoms with E-state index in [4.69, 9.17) is 0 Å². The molecule has 0 fully saturated rings. The molecule has 0 amide bonds. The van der Waals surface area contributed by atoms with Gasteiger partial charge in [0.1, 0.15) is 0 Å². The summed E-state index contributed by atoms with van der Waals surface area (Å²) in [7, 11) is 0. The molecule has 1 heteroatoms. The highest BCUT2D eigenvalue weighted by molar-refractivity contribution is 5.21. The SMILES string of the molecule is C=CC(C)(O)CCC=C(C)CCC=C(C)C.CC(C)=CCC[C@H](C)[C@@H]1C=CC(C)=CC1. The van der Waals surface area contributed by atoms with Crippen LogP contribution in [-0.2, 0) is 0 Å². The Kier molecular flexibility index (Phi) is 15.3. The van der Waals surface area contributed by atoms with Crippen LogP contribution >= 0.6 is 0 Å². The molecule has 0 saturated carbocycles. The average Bonchev–Trinajstić information content (AvgIpc) is 2.68. The van der Waals surface area contributed by atoms with Gasteiger partial charge in [0, 0.05) is 0 Å². The predicted octanol–water partition coefficient (Wildman–Crippen LogP) is 9.29. The van der Waals surface area contributed by atoms with Crippen LogP contribution in [0.4, 0.5) is 0 Å². The Hall–Kier alpha value is -1.60. The average molecular weight is 427 g/mol. The van der Waals surface area contributed by atoms with Gasteiger partial charge in [-0.05, 0) is 105 Å².